The third-order valence-electron chi connectivity index (χ3n) is 3.30. The van der Waals surface area contributed by atoms with Gasteiger partial charge in [0, 0.05) is 17.4 Å². The Morgan fingerprint density at radius 3 is 2.52 bits per heavy atom. The van der Waals surface area contributed by atoms with Crippen LogP contribution in [0.15, 0.2) is 42.5 Å². The quantitative estimate of drug-likeness (QED) is 0.885. The molecule has 0 bridgehead atoms. The monoisotopic (exact) mass is 283 g/mol. The fraction of sp³-hybridized carbons (Fsp3) is 0.294. The number of anilines is 1. The molecular formula is C17H21N3O. The van der Waals surface area contributed by atoms with Gasteiger partial charge in [-0.2, -0.15) is 0 Å². The largest absolute Gasteiger partial charge is 0.321 e. The van der Waals surface area contributed by atoms with E-state index in [9.17, 15) is 4.79 Å². The van der Waals surface area contributed by atoms with Crippen molar-refractivity contribution in [3.05, 3.63) is 59.4 Å². The number of aryl methyl sites for hydroxylation is 1. The van der Waals surface area contributed by atoms with Gasteiger partial charge < -0.3 is 10.6 Å². The molecule has 0 saturated carbocycles. The van der Waals surface area contributed by atoms with Gasteiger partial charge >= 0.3 is 0 Å². The van der Waals surface area contributed by atoms with Crippen molar-refractivity contribution >= 4 is 11.6 Å². The fourth-order valence-electron chi connectivity index (χ4n) is 2.14. The van der Waals surface area contributed by atoms with Gasteiger partial charge in [0.1, 0.15) is 5.69 Å². The van der Waals surface area contributed by atoms with Crippen molar-refractivity contribution in [3.8, 4) is 0 Å². The van der Waals surface area contributed by atoms with Gasteiger partial charge in [0.15, 0.2) is 0 Å². The van der Waals surface area contributed by atoms with E-state index in [1.165, 1.54) is 5.56 Å². The molecule has 2 N–H and O–H groups in total. The lowest BCUT2D eigenvalue weighted by Gasteiger charge is -2.13. The molecular weight excluding hydrogens is 262 g/mol. The van der Waals surface area contributed by atoms with Gasteiger partial charge in [-0.05, 0) is 50.2 Å². The first-order valence-electron chi connectivity index (χ1n) is 7.18. The molecule has 1 atom stereocenters. The normalized spacial score (nSPS) is 12.0. The summed E-state index contributed by atoms with van der Waals surface area (Å²) < 4.78 is 0. The van der Waals surface area contributed by atoms with E-state index in [1.54, 1.807) is 6.07 Å². The number of hydrogen-bond acceptors (Lipinski definition) is 3. The van der Waals surface area contributed by atoms with Crippen molar-refractivity contribution in [1.82, 2.24) is 10.3 Å². The molecule has 0 aliphatic heterocycles. The maximum atomic E-state index is 12.1. The molecule has 2 aromatic rings. The second-order valence-corrected chi connectivity index (χ2v) is 5.02. The number of carbonyl (C=O) groups excluding carboxylic acids is 1. The Balaban J connectivity index is 2.05. The second kappa shape index (κ2) is 6.99. The van der Waals surface area contributed by atoms with Crippen LogP contribution in [0, 0.1) is 6.92 Å². The van der Waals surface area contributed by atoms with Crippen LogP contribution in [0.3, 0.4) is 0 Å². The number of nitrogens with zero attached hydrogens (tertiary/aromatic N) is 1. The van der Waals surface area contributed by atoms with Crippen molar-refractivity contribution in [1.29, 1.82) is 0 Å². The minimum absolute atomic E-state index is 0.189. The highest BCUT2D eigenvalue weighted by Gasteiger charge is 2.08. The number of aromatic nitrogens is 1. The maximum absolute atomic E-state index is 12.1. The Labute approximate surface area is 125 Å². The summed E-state index contributed by atoms with van der Waals surface area (Å²) in [6.45, 7) is 7.00. The smallest absolute Gasteiger partial charge is 0.274 e. The predicted molar refractivity (Wildman–Crippen MR) is 85.5 cm³/mol. The molecule has 0 radical (unpaired) electrons. The Hall–Kier alpha value is -2.20. The van der Waals surface area contributed by atoms with Gasteiger partial charge in [0.25, 0.3) is 5.91 Å². The lowest BCUT2D eigenvalue weighted by atomic mass is 10.1. The minimum atomic E-state index is -0.189. The van der Waals surface area contributed by atoms with Crippen LogP contribution < -0.4 is 10.6 Å². The maximum Gasteiger partial charge on any atom is 0.274 e. The molecule has 0 spiro atoms. The zero-order chi connectivity index (χ0) is 15.2. The molecule has 1 aromatic heterocycles. The number of carbonyl (C=O) groups is 1. The van der Waals surface area contributed by atoms with Gasteiger partial charge in [-0.15, -0.1) is 0 Å². The molecule has 1 aromatic carbocycles. The zero-order valence-corrected chi connectivity index (χ0v) is 12.7. The minimum Gasteiger partial charge on any atom is -0.321 e. The molecule has 0 aliphatic rings. The fourth-order valence-corrected chi connectivity index (χ4v) is 2.14. The average molecular weight is 283 g/mol. The Morgan fingerprint density at radius 1 is 1.19 bits per heavy atom. The molecule has 0 saturated heterocycles. The van der Waals surface area contributed by atoms with E-state index in [-0.39, 0.29) is 5.91 Å². The first-order valence-corrected chi connectivity index (χ1v) is 7.18. The highest BCUT2D eigenvalue weighted by atomic mass is 16.1. The Kier molecular flexibility index (Phi) is 5.06. The molecule has 0 aliphatic carbocycles. The van der Waals surface area contributed by atoms with Crippen molar-refractivity contribution in [3.63, 3.8) is 0 Å². The molecule has 1 unspecified atom stereocenters. The molecule has 21 heavy (non-hydrogen) atoms. The van der Waals surface area contributed by atoms with Gasteiger partial charge in [0.05, 0.1) is 0 Å². The van der Waals surface area contributed by atoms with E-state index in [1.807, 2.05) is 43.3 Å². The Bertz CT molecular complexity index is 608. The third kappa shape index (κ3) is 4.13. The number of nitrogens with one attached hydrogen (secondary N) is 2. The summed E-state index contributed by atoms with van der Waals surface area (Å²) in [5.41, 5.74) is 3.23. The number of benzene rings is 1. The highest BCUT2D eigenvalue weighted by molar-refractivity contribution is 6.02. The molecule has 4 heteroatoms. The van der Waals surface area contributed by atoms with Gasteiger partial charge in [-0.3, -0.25) is 4.79 Å². The summed E-state index contributed by atoms with van der Waals surface area (Å²) in [6.07, 6.45) is 0. The molecule has 110 valence electrons. The van der Waals surface area contributed by atoms with E-state index >= 15 is 0 Å². The first kappa shape index (κ1) is 15.2. The molecule has 1 amide bonds. The average Bonchev–Trinajstić information content (AvgIpc) is 2.48. The summed E-state index contributed by atoms with van der Waals surface area (Å²) in [6, 6.07) is 13.6. The highest BCUT2D eigenvalue weighted by Crippen LogP contribution is 2.16. The van der Waals surface area contributed by atoms with Crippen LogP contribution >= 0.6 is 0 Å². The summed E-state index contributed by atoms with van der Waals surface area (Å²) in [4.78, 5) is 16.3. The van der Waals surface area contributed by atoms with Crippen LogP contribution in [-0.2, 0) is 0 Å². The predicted octanol–water partition coefficient (Wildman–Crippen LogP) is 3.31. The lowest BCUT2D eigenvalue weighted by molar-refractivity contribution is 0.102. The second-order valence-electron chi connectivity index (χ2n) is 5.02. The SMILES string of the molecule is CCNC(C)c1ccc(NC(=O)c2cccc(C)n2)cc1. The Morgan fingerprint density at radius 2 is 1.90 bits per heavy atom. The lowest BCUT2D eigenvalue weighted by Crippen LogP contribution is -2.18. The van der Waals surface area contributed by atoms with E-state index in [4.69, 9.17) is 0 Å². The molecule has 0 fully saturated rings. The number of pyridine rings is 1. The van der Waals surface area contributed by atoms with Crippen LogP contribution in [0.4, 0.5) is 5.69 Å². The van der Waals surface area contributed by atoms with Crippen molar-refractivity contribution < 1.29 is 4.79 Å². The van der Waals surface area contributed by atoms with E-state index in [0.29, 0.717) is 11.7 Å². The van der Waals surface area contributed by atoms with Gasteiger partial charge in [-0.1, -0.05) is 25.1 Å². The molecule has 4 nitrogen and oxygen atoms in total. The molecule has 2 rings (SSSR count). The summed E-state index contributed by atoms with van der Waals surface area (Å²) in [5, 5.41) is 6.22. The van der Waals surface area contributed by atoms with Crippen LogP contribution in [0.1, 0.15) is 41.6 Å². The standard InChI is InChI=1S/C17H21N3O/c1-4-18-13(3)14-8-10-15(11-9-14)20-17(21)16-7-5-6-12(2)19-16/h5-11,13,18H,4H2,1-3H3,(H,20,21). The van der Waals surface area contributed by atoms with Crippen molar-refractivity contribution in [2.24, 2.45) is 0 Å². The number of amides is 1. The summed E-state index contributed by atoms with van der Waals surface area (Å²) >= 11 is 0. The third-order valence-corrected chi connectivity index (χ3v) is 3.30. The van der Waals surface area contributed by atoms with Crippen LogP contribution in [0.25, 0.3) is 0 Å². The number of rotatable bonds is 5. The number of hydrogen-bond donors (Lipinski definition) is 2. The van der Waals surface area contributed by atoms with Crippen molar-refractivity contribution in [2.45, 2.75) is 26.8 Å². The molecule has 1 heterocycles. The topological polar surface area (TPSA) is 54.0 Å². The van der Waals surface area contributed by atoms with Gasteiger partial charge in [-0.25, -0.2) is 4.98 Å². The van der Waals surface area contributed by atoms with Gasteiger partial charge in [0.2, 0.25) is 0 Å². The first-order chi connectivity index (χ1) is 10.1. The van der Waals surface area contributed by atoms with Crippen LogP contribution in [-0.4, -0.2) is 17.4 Å². The van der Waals surface area contributed by atoms with Crippen molar-refractivity contribution in [2.75, 3.05) is 11.9 Å². The summed E-state index contributed by atoms with van der Waals surface area (Å²) in [5.74, 6) is -0.189. The van der Waals surface area contributed by atoms with E-state index < -0.39 is 0 Å². The zero-order valence-electron chi connectivity index (χ0n) is 12.7. The van der Waals surface area contributed by atoms with E-state index in [2.05, 4.69) is 29.5 Å². The van der Waals surface area contributed by atoms with E-state index in [0.717, 1.165) is 17.9 Å². The van der Waals surface area contributed by atoms with Crippen LogP contribution in [0.2, 0.25) is 0 Å². The van der Waals surface area contributed by atoms with Crippen LogP contribution in [0.5, 0.6) is 0 Å². The summed E-state index contributed by atoms with van der Waals surface area (Å²) in [7, 11) is 0.